The fourth-order valence-corrected chi connectivity index (χ4v) is 1.92. The van der Waals surface area contributed by atoms with Gasteiger partial charge in [0, 0.05) is 16.9 Å². The molecule has 0 saturated heterocycles. The van der Waals surface area contributed by atoms with E-state index in [0.717, 1.165) is 12.1 Å². The van der Waals surface area contributed by atoms with Crippen LogP contribution < -0.4 is 5.32 Å². The molecule has 0 bridgehead atoms. The van der Waals surface area contributed by atoms with Gasteiger partial charge in [0.25, 0.3) is 0 Å². The molecule has 0 fully saturated rings. The van der Waals surface area contributed by atoms with Crippen LogP contribution in [0.15, 0.2) is 35.1 Å². The SMILES string of the molecule is CC(C(=O)Nc1c(F)cc(Br)cc1F)n1cccn1. The van der Waals surface area contributed by atoms with Crippen molar-refractivity contribution in [1.29, 1.82) is 0 Å². The average Bonchev–Trinajstić information content (AvgIpc) is 2.86. The molecule has 1 amide bonds. The Morgan fingerprint density at radius 2 is 2.05 bits per heavy atom. The quantitative estimate of drug-likeness (QED) is 0.940. The van der Waals surface area contributed by atoms with Gasteiger partial charge in [-0.15, -0.1) is 0 Å². The number of carbonyl (C=O) groups is 1. The van der Waals surface area contributed by atoms with Crippen LogP contribution in [0, 0.1) is 11.6 Å². The molecule has 0 spiro atoms. The third-order valence-electron chi connectivity index (χ3n) is 2.56. The highest BCUT2D eigenvalue weighted by atomic mass is 79.9. The first kappa shape index (κ1) is 13.7. The molecule has 1 heterocycles. The molecule has 1 atom stereocenters. The molecule has 7 heteroatoms. The van der Waals surface area contributed by atoms with Crippen LogP contribution in [-0.4, -0.2) is 15.7 Å². The minimum atomic E-state index is -0.840. The molecule has 4 nitrogen and oxygen atoms in total. The van der Waals surface area contributed by atoms with Gasteiger partial charge in [-0.3, -0.25) is 9.48 Å². The molecule has 2 rings (SSSR count). The normalized spacial score (nSPS) is 12.2. The van der Waals surface area contributed by atoms with Crippen molar-refractivity contribution >= 4 is 27.5 Å². The fourth-order valence-electron chi connectivity index (χ4n) is 1.52. The first-order chi connectivity index (χ1) is 8.99. The standard InChI is InChI=1S/C12H10BrF2N3O/c1-7(18-4-2-3-16-18)12(19)17-11-9(14)5-8(13)6-10(11)15/h2-7H,1H3,(H,17,19). The summed E-state index contributed by atoms with van der Waals surface area (Å²) in [6.45, 7) is 1.58. The minimum Gasteiger partial charge on any atom is -0.319 e. The lowest BCUT2D eigenvalue weighted by Gasteiger charge is -2.13. The van der Waals surface area contributed by atoms with Crippen LogP contribution in [0.3, 0.4) is 0 Å². The summed E-state index contributed by atoms with van der Waals surface area (Å²) in [5.74, 6) is -2.23. The molecule has 2 aromatic rings. The van der Waals surface area contributed by atoms with Gasteiger partial charge in [-0.2, -0.15) is 5.10 Å². The van der Waals surface area contributed by atoms with Crippen molar-refractivity contribution in [2.24, 2.45) is 0 Å². The number of aromatic nitrogens is 2. The monoisotopic (exact) mass is 329 g/mol. The summed E-state index contributed by atoms with van der Waals surface area (Å²) in [5, 5.41) is 6.12. The summed E-state index contributed by atoms with van der Waals surface area (Å²) in [6, 6.07) is 3.15. The van der Waals surface area contributed by atoms with Gasteiger partial charge in [-0.1, -0.05) is 15.9 Å². The number of carbonyl (C=O) groups excluding carboxylic acids is 1. The van der Waals surface area contributed by atoms with Crippen molar-refractivity contribution in [3.05, 3.63) is 46.7 Å². The van der Waals surface area contributed by atoms with Gasteiger partial charge in [0.05, 0.1) is 0 Å². The topological polar surface area (TPSA) is 46.9 Å². The molecule has 100 valence electrons. The first-order valence-electron chi connectivity index (χ1n) is 5.43. The van der Waals surface area contributed by atoms with E-state index < -0.39 is 29.3 Å². The van der Waals surface area contributed by atoms with E-state index in [9.17, 15) is 13.6 Å². The molecule has 1 N–H and O–H groups in total. The Kier molecular flexibility index (Phi) is 3.94. The zero-order valence-electron chi connectivity index (χ0n) is 9.90. The number of hydrogen-bond donors (Lipinski definition) is 1. The van der Waals surface area contributed by atoms with Crippen LogP contribution in [0.5, 0.6) is 0 Å². The van der Waals surface area contributed by atoms with E-state index in [2.05, 4.69) is 26.3 Å². The van der Waals surface area contributed by atoms with E-state index in [1.807, 2.05) is 0 Å². The lowest BCUT2D eigenvalue weighted by molar-refractivity contribution is -0.119. The maximum atomic E-state index is 13.6. The number of benzene rings is 1. The lowest BCUT2D eigenvalue weighted by atomic mass is 10.2. The smallest absolute Gasteiger partial charge is 0.249 e. The molecule has 0 aliphatic heterocycles. The predicted molar refractivity (Wildman–Crippen MR) is 69.6 cm³/mol. The van der Waals surface area contributed by atoms with Gasteiger partial charge in [-0.05, 0) is 25.1 Å². The maximum absolute atomic E-state index is 13.6. The highest BCUT2D eigenvalue weighted by Crippen LogP contribution is 2.24. The van der Waals surface area contributed by atoms with E-state index >= 15 is 0 Å². The minimum absolute atomic E-state index is 0.264. The maximum Gasteiger partial charge on any atom is 0.249 e. The molecule has 1 unspecified atom stereocenters. The number of anilines is 1. The Hall–Kier alpha value is -1.76. The Morgan fingerprint density at radius 3 is 2.58 bits per heavy atom. The first-order valence-corrected chi connectivity index (χ1v) is 6.23. The molecule has 1 aromatic heterocycles. The number of rotatable bonds is 3. The molecular formula is C12H10BrF2N3O. The van der Waals surface area contributed by atoms with Gasteiger partial charge in [0.15, 0.2) is 11.6 Å². The van der Waals surface area contributed by atoms with Gasteiger partial charge in [0.1, 0.15) is 11.7 Å². The van der Waals surface area contributed by atoms with E-state index in [0.29, 0.717) is 0 Å². The Labute approximate surface area is 116 Å². The van der Waals surface area contributed by atoms with E-state index in [1.54, 1.807) is 19.2 Å². The second-order valence-electron chi connectivity index (χ2n) is 3.90. The summed E-state index contributed by atoms with van der Waals surface area (Å²) >= 11 is 2.97. The molecule has 19 heavy (non-hydrogen) atoms. The number of nitrogens with one attached hydrogen (secondary N) is 1. The summed E-state index contributed by atoms with van der Waals surface area (Å²) in [6.07, 6.45) is 3.11. The summed E-state index contributed by atoms with van der Waals surface area (Å²) in [7, 11) is 0. The van der Waals surface area contributed by atoms with Crippen molar-refractivity contribution in [3.8, 4) is 0 Å². The molecular weight excluding hydrogens is 320 g/mol. The zero-order valence-corrected chi connectivity index (χ0v) is 11.5. The van der Waals surface area contributed by atoms with Crippen LogP contribution in [0.4, 0.5) is 14.5 Å². The van der Waals surface area contributed by atoms with Crippen molar-refractivity contribution in [2.45, 2.75) is 13.0 Å². The number of halogens is 3. The van der Waals surface area contributed by atoms with Gasteiger partial charge in [-0.25, -0.2) is 8.78 Å². The van der Waals surface area contributed by atoms with Gasteiger partial charge < -0.3 is 5.32 Å². The van der Waals surface area contributed by atoms with Crippen molar-refractivity contribution in [3.63, 3.8) is 0 Å². The van der Waals surface area contributed by atoms with Crippen LogP contribution in [-0.2, 0) is 4.79 Å². The lowest BCUT2D eigenvalue weighted by Crippen LogP contribution is -2.25. The Morgan fingerprint density at radius 1 is 1.42 bits per heavy atom. The number of amides is 1. The highest BCUT2D eigenvalue weighted by molar-refractivity contribution is 9.10. The third-order valence-corrected chi connectivity index (χ3v) is 3.01. The zero-order chi connectivity index (χ0) is 14.0. The van der Waals surface area contributed by atoms with Crippen LogP contribution in [0.1, 0.15) is 13.0 Å². The average molecular weight is 330 g/mol. The Bertz CT molecular complexity index is 578. The van der Waals surface area contributed by atoms with Crippen molar-refractivity contribution in [2.75, 3.05) is 5.32 Å². The molecule has 0 aliphatic carbocycles. The van der Waals surface area contributed by atoms with Crippen molar-refractivity contribution in [1.82, 2.24) is 9.78 Å². The van der Waals surface area contributed by atoms with Crippen LogP contribution in [0.2, 0.25) is 0 Å². The van der Waals surface area contributed by atoms with Crippen LogP contribution >= 0.6 is 15.9 Å². The molecule has 0 radical (unpaired) electrons. The number of nitrogens with zero attached hydrogens (tertiary/aromatic N) is 2. The molecule has 0 aliphatic rings. The van der Waals surface area contributed by atoms with E-state index in [4.69, 9.17) is 0 Å². The van der Waals surface area contributed by atoms with E-state index in [-0.39, 0.29) is 4.47 Å². The number of hydrogen-bond acceptors (Lipinski definition) is 2. The molecule has 0 saturated carbocycles. The second kappa shape index (κ2) is 5.48. The predicted octanol–water partition coefficient (Wildman–Crippen LogP) is 3.12. The van der Waals surface area contributed by atoms with Crippen molar-refractivity contribution < 1.29 is 13.6 Å². The highest BCUT2D eigenvalue weighted by Gasteiger charge is 2.19. The largest absolute Gasteiger partial charge is 0.319 e. The summed E-state index contributed by atoms with van der Waals surface area (Å²) in [5.41, 5.74) is -0.466. The van der Waals surface area contributed by atoms with E-state index in [1.165, 1.54) is 10.9 Å². The second-order valence-corrected chi connectivity index (χ2v) is 4.81. The fraction of sp³-hybridized carbons (Fsp3) is 0.167. The van der Waals surface area contributed by atoms with Crippen LogP contribution in [0.25, 0.3) is 0 Å². The van der Waals surface area contributed by atoms with Gasteiger partial charge in [0.2, 0.25) is 5.91 Å². The third kappa shape index (κ3) is 2.98. The van der Waals surface area contributed by atoms with Gasteiger partial charge >= 0.3 is 0 Å². The molecule has 1 aromatic carbocycles. The Balaban J connectivity index is 2.20. The summed E-state index contributed by atoms with van der Waals surface area (Å²) < 4.78 is 28.8. The summed E-state index contributed by atoms with van der Waals surface area (Å²) in [4.78, 5) is 11.9.